The molecule has 1 aromatic rings. The molecule has 13 atom stereocenters. The van der Waals surface area contributed by atoms with Gasteiger partial charge in [0.1, 0.15) is 30.0 Å². The first-order valence-electron chi connectivity index (χ1n) is 24.1. The second kappa shape index (κ2) is 30.5. The van der Waals surface area contributed by atoms with Crippen molar-refractivity contribution in [3.05, 3.63) is 115 Å². The molecular formula is C54H75NO15. The maximum atomic E-state index is 13.2. The summed E-state index contributed by atoms with van der Waals surface area (Å²) in [6.07, 6.45) is 13.5. The van der Waals surface area contributed by atoms with Crippen LogP contribution in [0.25, 0.3) is 0 Å². The Bertz CT molecular complexity index is 2040. The largest absolute Gasteiger partial charge is 0.481 e. The smallest absolute Gasteiger partial charge is 0.313 e. The number of ether oxygens (including phenoxy) is 3. The lowest BCUT2D eigenvalue weighted by atomic mass is 9.83. The van der Waals surface area contributed by atoms with Crippen LogP contribution in [0.5, 0.6) is 0 Å². The van der Waals surface area contributed by atoms with Crippen LogP contribution in [0.4, 0.5) is 5.69 Å². The third-order valence-corrected chi connectivity index (χ3v) is 12.5. The molecule has 386 valence electrons. The Morgan fingerprint density at radius 2 is 1.34 bits per heavy atom. The molecule has 1 aromatic carbocycles. The maximum absolute atomic E-state index is 13.2. The summed E-state index contributed by atoms with van der Waals surface area (Å²) < 4.78 is 17.3. The van der Waals surface area contributed by atoms with Gasteiger partial charge in [-0.05, 0) is 61.8 Å². The number of anilines is 1. The van der Waals surface area contributed by atoms with E-state index in [9.17, 15) is 59.7 Å². The summed E-state index contributed by atoms with van der Waals surface area (Å²) in [4.78, 5) is 64.0. The van der Waals surface area contributed by atoms with Gasteiger partial charge < -0.3 is 55.7 Å². The molecule has 0 spiro atoms. The fraction of sp³-hybridized carbons (Fsp3) is 0.537. The van der Waals surface area contributed by atoms with E-state index in [-0.39, 0.29) is 74.9 Å². The molecular weight excluding hydrogens is 903 g/mol. The molecule has 0 amide bonds. The number of cyclic esters (lactones) is 1. The van der Waals surface area contributed by atoms with Gasteiger partial charge >= 0.3 is 11.9 Å². The molecule has 0 aliphatic carbocycles. The van der Waals surface area contributed by atoms with E-state index in [0.29, 0.717) is 17.7 Å². The summed E-state index contributed by atoms with van der Waals surface area (Å²) >= 11 is 0. The van der Waals surface area contributed by atoms with Crippen LogP contribution in [-0.2, 0) is 33.4 Å². The van der Waals surface area contributed by atoms with Crippen molar-refractivity contribution in [3.63, 3.8) is 0 Å². The molecule has 0 radical (unpaired) electrons. The first-order valence-corrected chi connectivity index (χ1v) is 24.1. The number of carboxylic acid groups (broad SMARTS) is 1. The minimum atomic E-state index is -2.17. The topological polar surface area (TPSA) is 281 Å². The Balaban J connectivity index is 1.76. The van der Waals surface area contributed by atoms with E-state index >= 15 is 0 Å². The van der Waals surface area contributed by atoms with Crippen molar-refractivity contribution in [2.24, 2.45) is 23.7 Å². The van der Waals surface area contributed by atoms with Crippen LogP contribution in [0.3, 0.4) is 0 Å². The highest BCUT2D eigenvalue weighted by molar-refractivity contribution is 5.97. The summed E-state index contributed by atoms with van der Waals surface area (Å²) in [7, 11) is 1.42. The number of nitrogens with two attached hydrogens (primary N) is 1. The molecule has 2 aliphatic rings. The number of Topliss-reactive ketones (excluding diaryl/α,β-unsaturated/α-hetero) is 3. The molecule has 2 heterocycles. The molecule has 1 fully saturated rings. The lowest BCUT2D eigenvalue weighted by Gasteiger charge is -2.44. The van der Waals surface area contributed by atoms with E-state index in [2.05, 4.69) is 0 Å². The molecule has 16 heteroatoms. The van der Waals surface area contributed by atoms with E-state index in [1.165, 1.54) is 7.11 Å². The van der Waals surface area contributed by atoms with Crippen molar-refractivity contribution in [2.75, 3.05) is 12.8 Å². The Morgan fingerprint density at radius 3 is 1.93 bits per heavy atom. The summed E-state index contributed by atoms with van der Waals surface area (Å²) in [5.74, 6) is -7.71. The first kappa shape index (κ1) is 59.1. The molecule has 70 heavy (non-hydrogen) atoms. The van der Waals surface area contributed by atoms with Gasteiger partial charge in [-0.15, -0.1) is 0 Å². The molecule has 1 saturated heterocycles. The van der Waals surface area contributed by atoms with Crippen LogP contribution in [0, 0.1) is 23.7 Å². The van der Waals surface area contributed by atoms with Crippen molar-refractivity contribution < 1.29 is 73.9 Å². The van der Waals surface area contributed by atoms with Gasteiger partial charge in [-0.1, -0.05) is 106 Å². The summed E-state index contributed by atoms with van der Waals surface area (Å²) in [6, 6.07) is 6.47. The van der Waals surface area contributed by atoms with Crippen LogP contribution in [0.2, 0.25) is 0 Å². The number of aliphatic hydroxyl groups is 6. The molecule has 3 rings (SSSR count). The molecule has 2 bridgehead atoms. The highest BCUT2D eigenvalue weighted by Gasteiger charge is 2.50. The standard InChI is InChI=1S/C54H75NO15/c1-35-18-15-13-11-9-7-5-6-8-10-12-14-16-21-45(68-4)31-49-51(53(65)66)48(63)34-54(67,70-49)33-44(60)29-43(59)28-42(58)27-40(56)19-17-20-41(57)30-50(64)69-52(35)37(3)26-36(2)46(61)32-47(62)38-22-24-39(55)25-23-38/h5-16,18,21-25,35-37,42-46,48-49,51-52,58-61,63,67H,17,19-20,26-34,55H2,1-4H3,(H,65,66)/b6-5+,9-7+,10-8+,13-11+,14-12+,18-15+,21-16+/t35?,36?,37?,42?,43?,44?,45?,46?,48?,49?,51-,52?,54?/m1/s1. The van der Waals surface area contributed by atoms with Crippen molar-refractivity contribution in [3.8, 4) is 0 Å². The second-order valence-corrected chi connectivity index (χ2v) is 18.7. The van der Waals surface area contributed by atoms with Crippen molar-refractivity contribution in [1.29, 1.82) is 0 Å². The number of esters is 1. The average molecular weight is 978 g/mol. The van der Waals surface area contributed by atoms with Gasteiger partial charge in [-0.3, -0.25) is 24.0 Å². The average Bonchev–Trinajstić information content (AvgIpc) is 3.26. The Kier molecular flexibility index (Phi) is 25.8. The van der Waals surface area contributed by atoms with Gasteiger partial charge in [0.25, 0.3) is 0 Å². The van der Waals surface area contributed by atoms with Crippen molar-refractivity contribution in [2.45, 2.75) is 152 Å². The summed E-state index contributed by atoms with van der Waals surface area (Å²) in [6.45, 7) is 5.58. The van der Waals surface area contributed by atoms with Gasteiger partial charge in [-0.2, -0.15) is 0 Å². The predicted octanol–water partition coefficient (Wildman–Crippen LogP) is 5.61. The highest BCUT2D eigenvalue weighted by atomic mass is 16.6. The van der Waals surface area contributed by atoms with Gasteiger partial charge in [-0.25, -0.2) is 0 Å². The minimum Gasteiger partial charge on any atom is -0.481 e. The normalized spacial score (nSPS) is 33.5. The number of carboxylic acids is 1. The summed E-state index contributed by atoms with van der Waals surface area (Å²) in [5.41, 5.74) is 6.70. The lowest BCUT2D eigenvalue weighted by Crippen LogP contribution is -2.56. The number of nitrogen functional groups attached to an aromatic ring is 1. The van der Waals surface area contributed by atoms with Gasteiger partial charge in [0.05, 0.1) is 42.7 Å². The van der Waals surface area contributed by atoms with Crippen molar-refractivity contribution >= 4 is 35.0 Å². The number of hydrogen-bond donors (Lipinski definition) is 8. The van der Waals surface area contributed by atoms with E-state index in [1.54, 1.807) is 54.6 Å². The van der Waals surface area contributed by atoms with E-state index in [1.807, 2.05) is 75.5 Å². The van der Waals surface area contributed by atoms with E-state index in [0.717, 1.165) is 0 Å². The number of rotatable bonds is 9. The first-order chi connectivity index (χ1) is 33.2. The van der Waals surface area contributed by atoms with Crippen LogP contribution < -0.4 is 5.73 Å². The van der Waals surface area contributed by atoms with Gasteiger partial charge in [0.2, 0.25) is 0 Å². The number of carbonyl (C=O) groups excluding carboxylic acids is 4. The third-order valence-electron chi connectivity index (χ3n) is 12.5. The fourth-order valence-electron chi connectivity index (χ4n) is 8.76. The van der Waals surface area contributed by atoms with Gasteiger partial charge in [0, 0.05) is 69.2 Å². The Morgan fingerprint density at radius 1 is 0.786 bits per heavy atom. The number of ketones is 3. The number of aliphatic hydroxyl groups excluding tert-OH is 5. The predicted molar refractivity (Wildman–Crippen MR) is 264 cm³/mol. The minimum absolute atomic E-state index is 0.0612. The molecule has 2 aliphatic heterocycles. The molecule has 0 aromatic heterocycles. The monoisotopic (exact) mass is 978 g/mol. The zero-order chi connectivity index (χ0) is 51.8. The van der Waals surface area contributed by atoms with Crippen LogP contribution in [0.15, 0.2) is 109 Å². The molecule has 12 unspecified atom stereocenters. The maximum Gasteiger partial charge on any atom is 0.313 e. The van der Waals surface area contributed by atoms with E-state index < -0.39 is 103 Å². The van der Waals surface area contributed by atoms with Crippen LogP contribution >= 0.6 is 0 Å². The molecule has 16 nitrogen and oxygen atoms in total. The molecule has 9 N–H and O–H groups in total. The van der Waals surface area contributed by atoms with E-state index in [4.69, 9.17) is 19.9 Å². The van der Waals surface area contributed by atoms with Crippen molar-refractivity contribution in [1.82, 2.24) is 0 Å². The number of aliphatic carboxylic acids is 1. The lowest BCUT2D eigenvalue weighted by molar-refractivity contribution is -0.300. The zero-order valence-electron chi connectivity index (χ0n) is 40.8. The Hall–Kier alpha value is -5.17. The third kappa shape index (κ3) is 21.9. The number of fused-ring (bicyclic) bond motifs is 2. The molecule has 0 saturated carbocycles. The fourth-order valence-corrected chi connectivity index (χ4v) is 8.76. The van der Waals surface area contributed by atoms with Gasteiger partial charge in [0.15, 0.2) is 11.6 Å². The summed E-state index contributed by atoms with van der Waals surface area (Å²) in [5, 5.41) is 75.2. The number of methoxy groups -OCH3 is 1. The number of benzene rings is 1. The Labute approximate surface area is 411 Å². The second-order valence-electron chi connectivity index (χ2n) is 18.7. The highest BCUT2D eigenvalue weighted by Crippen LogP contribution is 2.37. The van der Waals surface area contributed by atoms with Crippen LogP contribution in [-0.4, -0.2) is 127 Å². The SMILES string of the molecule is COC1/C=C/C=C/C=C/C=C/C=C/C=C/C=C/C(C)C(C(C)CC(C)C(O)CC(=O)c2ccc(N)cc2)OC(=O)CC(=O)CCCC(=O)CC(O)CC(O)CC(O)CC2(O)CC(O)[C@@H](C(=O)O)C(C1)O2. The number of carbonyl (C=O) groups is 5. The van der Waals surface area contributed by atoms with Crippen LogP contribution in [0.1, 0.15) is 108 Å². The quantitative estimate of drug-likeness (QED) is 0.0647. The zero-order valence-corrected chi connectivity index (χ0v) is 40.8. The number of hydrogen-bond acceptors (Lipinski definition) is 15. The number of allylic oxidation sites excluding steroid dienone is 12.